The summed E-state index contributed by atoms with van der Waals surface area (Å²) in [6.45, 7) is 3.42. The molecule has 2 rings (SSSR count). The lowest BCUT2D eigenvalue weighted by molar-refractivity contribution is 0.0973. The predicted molar refractivity (Wildman–Crippen MR) is 82.6 cm³/mol. The second kappa shape index (κ2) is 5.79. The zero-order valence-corrected chi connectivity index (χ0v) is 12.1. The Bertz CT molecular complexity index is 705. The highest BCUT2D eigenvalue weighted by atomic mass is 16.1. The first-order chi connectivity index (χ1) is 9.91. The van der Waals surface area contributed by atoms with E-state index in [0.717, 1.165) is 0 Å². The van der Waals surface area contributed by atoms with Crippen molar-refractivity contribution in [3.8, 4) is 0 Å². The van der Waals surface area contributed by atoms with Crippen molar-refractivity contribution < 1.29 is 9.59 Å². The van der Waals surface area contributed by atoms with Crippen LogP contribution < -0.4 is 11.5 Å². The SMILES string of the molecule is CC1=C(C/C(N)=C/C=C(/C)N)C(=O)c2ccccc2C1=O. The molecular weight excluding hydrogens is 264 g/mol. The number of hydrogen-bond donors (Lipinski definition) is 2. The third kappa shape index (κ3) is 2.94. The lowest BCUT2D eigenvalue weighted by atomic mass is 9.83. The monoisotopic (exact) mass is 282 g/mol. The molecule has 1 aromatic rings. The number of nitrogens with two attached hydrogens (primary N) is 2. The Labute approximate surface area is 123 Å². The molecule has 0 bridgehead atoms. The lowest BCUT2D eigenvalue weighted by Gasteiger charge is -2.19. The maximum Gasteiger partial charge on any atom is 0.190 e. The summed E-state index contributed by atoms with van der Waals surface area (Å²) >= 11 is 0. The molecule has 0 saturated heterocycles. The highest BCUT2D eigenvalue weighted by molar-refractivity contribution is 6.26. The van der Waals surface area contributed by atoms with Gasteiger partial charge in [-0.25, -0.2) is 0 Å². The molecule has 4 nitrogen and oxygen atoms in total. The second-order valence-corrected chi connectivity index (χ2v) is 5.14. The zero-order valence-electron chi connectivity index (χ0n) is 12.1. The zero-order chi connectivity index (χ0) is 15.6. The molecule has 0 heterocycles. The summed E-state index contributed by atoms with van der Waals surface area (Å²) in [7, 11) is 0. The molecule has 4 N–H and O–H groups in total. The van der Waals surface area contributed by atoms with Gasteiger partial charge in [-0.05, 0) is 26.0 Å². The molecule has 0 radical (unpaired) electrons. The van der Waals surface area contributed by atoms with Crippen LogP contribution >= 0.6 is 0 Å². The van der Waals surface area contributed by atoms with Crippen molar-refractivity contribution in [2.75, 3.05) is 0 Å². The third-order valence-electron chi connectivity index (χ3n) is 3.42. The summed E-state index contributed by atoms with van der Waals surface area (Å²) in [6, 6.07) is 6.86. The van der Waals surface area contributed by atoms with Gasteiger partial charge in [0, 0.05) is 40.1 Å². The van der Waals surface area contributed by atoms with Gasteiger partial charge in [0.25, 0.3) is 0 Å². The smallest absolute Gasteiger partial charge is 0.190 e. The molecular formula is C17H18N2O2. The quantitative estimate of drug-likeness (QED) is 0.834. The van der Waals surface area contributed by atoms with Crippen LogP contribution in [0.3, 0.4) is 0 Å². The van der Waals surface area contributed by atoms with Crippen molar-refractivity contribution >= 4 is 11.6 Å². The molecule has 4 heteroatoms. The van der Waals surface area contributed by atoms with Crippen molar-refractivity contribution in [3.63, 3.8) is 0 Å². The van der Waals surface area contributed by atoms with E-state index in [0.29, 0.717) is 33.7 Å². The fraction of sp³-hybridized carbons (Fsp3) is 0.176. The molecule has 1 aliphatic rings. The van der Waals surface area contributed by atoms with Crippen LogP contribution in [0.25, 0.3) is 0 Å². The number of benzene rings is 1. The van der Waals surface area contributed by atoms with Crippen LogP contribution in [0.5, 0.6) is 0 Å². The van der Waals surface area contributed by atoms with Gasteiger partial charge in [0.15, 0.2) is 11.6 Å². The highest BCUT2D eigenvalue weighted by Gasteiger charge is 2.29. The van der Waals surface area contributed by atoms with Gasteiger partial charge >= 0.3 is 0 Å². The van der Waals surface area contributed by atoms with E-state index in [1.54, 1.807) is 50.3 Å². The molecule has 21 heavy (non-hydrogen) atoms. The van der Waals surface area contributed by atoms with Crippen LogP contribution in [-0.4, -0.2) is 11.6 Å². The van der Waals surface area contributed by atoms with Crippen LogP contribution in [0.4, 0.5) is 0 Å². The number of rotatable bonds is 3. The van der Waals surface area contributed by atoms with Gasteiger partial charge < -0.3 is 11.5 Å². The first-order valence-corrected chi connectivity index (χ1v) is 6.68. The minimum absolute atomic E-state index is 0.112. The summed E-state index contributed by atoms with van der Waals surface area (Å²) < 4.78 is 0. The van der Waals surface area contributed by atoms with Crippen LogP contribution in [0, 0.1) is 0 Å². The number of carbonyl (C=O) groups is 2. The van der Waals surface area contributed by atoms with Gasteiger partial charge in [0.1, 0.15) is 0 Å². The predicted octanol–water partition coefficient (Wildman–Crippen LogP) is 2.48. The molecule has 0 aromatic heterocycles. The van der Waals surface area contributed by atoms with Crippen LogP contribution in [-0.2, 0) is 0 Å². The van der Waals surface area contributed by atoms with E-state index in [1.165, 1.54) is 0 Å². The third-order valence-corrected chi connectivity index (χ3v) is 3.42. The summed E-state index contributed by atoms with van der Waals surface area (Å²) in [6.07, 6.45) is 3.58. The first-order valence-electron chi connectivity index (χ1n) is 6.68. The molecule has 1 aromatic carbocycles. The van der Waals surface area contributed by atoms with Gasteiger partial charge in [-0.2, -0.15) is 0 Å². The number of ketones is 2. The second-order valence-electron chi connectivity index (χ2n) is 5.14. The molecule has 0 spiro atoms. The standard InChI is InChI=1S/C17H18N2O2/c1-10(18)7-8-12(19)9-15-11(2)16(20)13-5-3-4-6-14(13)17(15)21/h3-8H,9,18-19H2,1-2H3/b10-7-,12-8-. The number of hydrogen-bond acceptors (Lipinski definition) is 4. The maximum absolute atomic E-state index is 12.5. The summed E-state index contributed by atoms with van der Waals surface area (Å²) in [5, 5.41) is 0. The van der Waals surface area contributed by atoms with Gasteiger partial charge in [0.2, 0.25) is 0 Å². The fourth-order valence-electron chi connectivity index (χ4n) is 2.27. The maximum atomic E-state index is 12.5. The highest BCUT2D eigenvalue weighted by Crippen LogP contribution is 2.28. The van der Waals surface area contributed by atoms with Crippen molar-refractivity contribution in [3.05, 3.63) is 70.1 Å². The average molecular weight is 282 g/mol. The summed E-state index contributed by atoms with van der Waals surface area (Å²) in [4.78, 5) is 24.8. The Balaban J connectivity index is 2.39. The minimum atomic E-state index is -0.132. The summed E-state index contributed by atoms with van der Waals surface area (Å²) in [5.74, 6) is -0.244. The Kier molecular flexibility index (Phi) is 4.08. The Morgan fingerprint density at radius 3 is 2.19 bits per heavy atom. The fourth-order valence-corrected chi connectivity index (χ4v) is 2.27. The first kappa shape index (κ1) is 14.8. The average Bonchev–Trinajstić information content (AvgIpc) is 2.47. The Morgan fingerprint density at radius 1 is 1.05 bits per heavy atom. The number of carbonyl (C=O) groups excluding carboxylic acids is 2. The van der Waals surface area contributed by atoms with Gasteiger partial charge in [0.05, 0.1) is 0 Å². The molecule has 108 valence electrons. The van der Waals surface area contributed by atoms with Crippen LogP contribution in [0.1, 0.15) is 41.0 Å². The Hall–Kier alpha value is -2.62. The van der Waals surface area contributed by atoms with Gasteiger partial charge in [-0.1, -0.05) is 24.3 Å². The van der Waals surface area contributed by atoms with Crippen molar-refractivity contribution in [1.29, 1.82) is 0 Å². The van der Waals surface area contributed by atoms with E-state index in [2.05, 4.69) is 0 Å². The van der Waals surface area contributed by atoms with E-state index in [1.807, 2.05) is 0 Å². The van der Waals surface area contributed by atoms with E-state index >= 15 is 0 Å². The van der Waals surface area contributed by atoms with E-state index < -0.39 is 0 Å². The van der Waals surface area contributed by atoms with Gasteiger partial charge in [-0.15, -0.1) is 0 Å². The van der Waals surface area contributed by atoms with Crippen molar-refractivity contribution in [1.82, 2.24) is 0 Å². The number of Topliss-reactive ketones (excluding diaryl/α,β-unsaturated/α-hetero) is 2. The molecule has 0 aliphatic heterocycles. The van der Waals surface area contributed by atoms with Crippen molar-refractivity contribution in [2.24, 2.45) is 11.5 Å². The molecule has 0 atom stereocenters. The normalized spacial score (nSPS) is 16.3. The molecule has 0 saturated carbocycles. The topological polar surface area (TPSA) is 86.2 Å². The lowest BCUT2D eigenvalue weighted by Crippen LogP contribution is -2.22. The number of allylic oxidation sites excluding steroid dienone is 5. The molecule has 0 amide bonds. The Morgan fingerprint density at radius 2 is 1.62 bits per heavy atom. The van der Waals surface area contributed by atoms with E-state index in [9.17, 15) is 9.59 Å². The molecule has 1 aliphatic carbocycles. The molecule has 0 fully saturated rings. The van der Waals surface area contributed by atoms with Gasteiger partial charge in [-0.3, -0.25) is 9.59 Å². The van der Waals surface area contributed by atoms with E-state index in [-0.39, 0.29) is 18.0 Å². The summed E-state index contributed by atoms with van der Waals surface area (Å²) in [5.41, 5.74) is 14.4. The minimum Gasteiger partial charge on any atom is -0.402 e. The van der Waals surface area contributed by atoms with E-state index in [4.69, 9.17) is 11.5 Å². The van der Waals surface area contributed by atoms with Crippen LogP contribution in [0.15, 0.2) is 59.0 Å². The largest absolute Gasteiger partial charge is 0.402 e. The van der Waals surface area contributed by atoms with Crippen molar-refractivity contribution in [2.45, 2.75) is 20.3 Å². The van der Waals surface area contributed by atoms with Crippen LogP contribution in [0.2, 0.25) is 0 Å². The molecule has 0 unspecified atom stereocenters. The number of fused-ring (bicyclic) bond motifs is 1.